The summed E-state index contributed by atoms with van der Waals surface area (Å²) in [5.41, 5.74) is 2.07. The monoisotopic (exact) mass is 285 g/mol. The minimum atomic E-state index is -0.368. The number of halogens is 2. The maximum atomic E-state index is 13.3. The van der Waals surface area contributed by atoms with E-state index in [0.29, 0.717) is 39.0 Å². The first-order valence-electron chi connectivity index (χ1n) is 5.99. The second-order valence-corrected chi connectivity index (χ2v) is 4.77. The minimum Gasteiger partial charge on any atom is -0.298 e. The zero-order chi connectivity index (χ0) is 14.1. The molecule has 1 heterocycles. The van der Waals surface area contributed by atoms with E-state index < -0.39 is 0 Å². The molecule has 3 rings (SSSR count). The average molecular weight is 286 g/mol. The van der Waals surface area contributed by atoms with E-state index in [4.69, 9.17) is 11.6 Å². The molecule has 3 aromatic rings. The predicted molar refractivity (Wildman–Crippen MR) is 77.5 cm³/mol. The summed E-state index contributed by atoms with van der Waals surface area (Å²) >= 11 is 6.09. The van der Waals surface area contributed by atoms with Crippen molar-refractivity contribution in [2.75, 3.05) is 0 Å². The van der Waals surface area contributed by atoms with Crippen molar-refractivity contribution >= 4 is 28.8 Å². The van der Waals surface area contributed by atoms with Crippen molar-refractivity contribution in [3.8, 4) is 11.3 Å². The lowest BCUT2D eigenvalue weighted by Crippen LogP contribution is -1.94. The summed E-state index contributed by atoms with van der Waals surface area (Å²) in [7, 11) is 0. The Kier molecular flexibility index (Phi) is 3.20. The maximum absolute atomic E-state index is 13.3. The molecule has 0 aliphatic carbocycles. The van der Waals surface area contributed by atoms with E-state index in [1.807, 2.05) is 0 Å². The maximum Gasteiger partial charge on any atom is 0.152 e. The summed E-state index contributed by atoms with van der Waals surface area (Å²) in [6.45, 7) is 0. The Hall–Kier alpha value is -2.26. The number of carbonyl (C=O) groups is 1. The van der Waals surface area contributed by atoms with Crippen LogP contribution in [0.2, 0.25) is 5.02 Å². The molecule has 0 atom stereocenters. The smallest absolute Gasteiger partial charge is 0.152 e. The van der Waals surface area contributed by atoms with Crippen LogP contribution in [0.5, 0.6) is 0 Å². The predicted octanol–water partition coefficient (Wildman–Crippen LogP) is 4.51. The standard InChI is InChI=1S/C16H9ClFNO/c17-14-5-2-6-15-13(14)8-11(9-20)16(19-15)10-3-1-4-12(18)7-10/h1-9H. The molecule has 0 spiro atoms. The first-order valence-corrected chi connectivity index (χ1v) is 6.37. The number of aromatic nitrogens is 1. The van der Waals surface area contributed by atoms with Gasteiger partial charge in [-0.15, -0.1) is 0 Å². The number of benzene rings is 2. The van der Waals surface area contributed by atoms with Crippen LogP contribution in [0, 0.1) is 5.82 Å². The van der Waals surface area contributed by atoms with Crippen molar-refractivity contribution in [1.29, 1.82) is 0 Å². The van der Waals surface area contributed by atoms with Crippen LogP contribution in [0.15, 0.2) is 48.5 Å². The molecule has 0 saturated heterocycles. The number of hydrogen-bond donors (Lipinski definition) is 0. The van der Waals surface area contributed by atoms with Gasteiger partial charge in [0.2, 0.25) is 0 Å². The van der Waals surface area contributed by atoms with E-state index in [0.717, 1.165) is 0 Å². The summed E-state index contributed by atoms with van der Waals surface area (Å²) in [6.07, 6.45) is 0.704. The molecule has 98 valence electrons. The molecule has 0 fully saturated rings. The van der Waals surface area contributed by atoms with Gasteiger partial charge in [-0.05, 0) is 30.3 Å². The molecule has 0 radical (unpaired) electrons. The first-order chi connectivity index (χ1) is 9.69. The normalized spacial score (nSPS) is 10.7. The summed E-state index contributed by atoms with van der Waals surface area (Å²) in [4.78, 5) is 15.7. The van der Waals surface area contributed by atoms with E-state index in [1.54, 1.807) is 36.4 Å². The van der Waals surface area contributed by atoms with Crippen molar-refractivity contribution in [3.63, 3.8) is 0 Å². The third kappa shape index (κ3) is 2.17. The van der Waals surface area contributed by atoms with Crippen LogP contribution in [0.4, 0.5) is 4.39 Å². The van der Waals surface area contributed by atoms with Gasteiger partial charge in [0.05, 0.1) is 11.2 Å². The fourth-order valence-electron chi connectivity index (χ4n) is 2.13. The first kappa shape index (κ1) is 12.8. The number of hydrogen-bond acceptors (Lipinski definition) is 2. The minimum absolute atomic E-state index is 0.368. The SMILES string of the molecule is O=Cc1cc2c(Cl)cccc2nc1-c1cccc(F)c1. The summed E-state index contributed by atoms with van der Waals surface area (Å²) < 4.78 is 13.3. The van der Waals surface area contributed by atoms with Gasteiger partial charge in [-0.25, -0.2) is 9.37 Å². The molecule has 0 aliphatic rings. The van der Waals surface area contributed by atoms with Gasteiger partial charge in [0.15, 0.2) is 6.29 Å². The molecular formula is C16H9ClFNO. The van der Waals surface area contributed by atoms with Crippen LogP contribution in [0.25, 0.3) is 22.2 Å². The number of nitrogens with zero attached hydrogens (tertiary/aromatic N) is 1. The van der Waals surface area contributed by atoms with Gasteiger partial charge in [-0.3, -0.25) is 4.79 Å². The Morgan fingerprint density at radius 1 is 1.10 bits per heavy atom. The molecular weight excluding hydrogens is 277 g/mol. The Labute approximate surface area is 119 Å². The van der Waals surface area contributed by atoms with Crippen molar-refractivity contribution in [3.05, 3.63) is 64.9 Å². The largest absolute Gasteiger partial charge is 0.298 e. The number of pyridine rings is 1. The van der Waals surface area contributed by atoms with Crippen LogP contribution in [-0.2, 0) is 0 Å². The third-order valence-electron chi connectivity index (χ3n) is 3.06. The van der Waals surface area contributed by atoms with Gasteiger partial charge in [0, 0.05) is 21.5 Å². The number of rotatable bonds is 2. The Morgan fingerprint density at radius 3 is 2.65 bits per heavy atom. The lowest BCUT2D eigenvalue weighted by molar-refractivity contribution is 0.112. The van der Waals surface area contributed by atoms with Gasteiger partial charge >= 0.3 is 0 Å². The molecule has 2 aromatic carbocycles. The van der Waals surface area contributed by atoms with Crippen molar-refractivity contribution < 1.29 is 9.18 Å². The fourth-order valence-corrected chi connectivity index (χ4v) is 2.36. The second kappa shape index (κ2) is 5.02. The van der Waals surface area contributed by atoms with Crippen molar-refractivity contribution in [2.24, 2.45) is 0 Å². The van der Waals surface area contributed by atoms with Crippen molar-refractivity contribution in [2.45, 2.75) is 0 Å². The van der Waals surface area contributed by atoms with E-state index >= 15 is 0 Å². The van der Waals surface area contributed by atoms with E-state index in [1.165, 1.54) is 12.1 Å². The highest BCUT2D eigenvalue weighted by Crippen LogP contribution is 2.28. The molecule has 0 N–H and O–H groups in total. The second-order valence-electron chi connectivity index (χ2n) is 4.36. The lowest BCUT2D eigenvalue weighted by Gasteiger charge is -2.08. The van der Waals surface area contributed by atoms with Gasteiger partial charge < -0.3 is 0 Å². The highest BCUT2D eigenvalue weighted by atomic mass is 35.5. The molecule has 0 unspecified atom stereocenters. The molecule has 0 aliphatic heterocycles. The highest BCUT2D eigenvalue weighted by Gasteiger charge is 2.11. The van der Waals surface area contributed by atoms with Gasteiger partial charge in [0.25, 0.3) is 0 Å². The van der Waals surface area contributed by atoms with Crippen LogP contribution >= 0.6 is 11.6 Å². The summed E-state index contributed by atoms with van der Waals surface area (Å²) in [6, 6.07) is 13.0. The Balaban J connectivity index is 2.32. The Bertz CT molecular complexity index is 817. The third-order valence-corrected chi connectivity index (χ3v) is 3.39. The van der Waals surface area contributed by atoms with Crippen LogP contribution in [-0.4, -0.2) is 11.3 Å². The zero-order valence-corrected chi connectivity index (χ0v) is 11.1. The quantitative estimate of drug-likeness (QED) is 0.649. The van der Waals surface area contributed by atoms with E-state index in [2.05, 4.69) is 4.98 Å². The molecule has 0 saturated carbocycles. The van der Waals surface area contributed by atoms with Crippen LogP contribution in [0.3, 0.4) is 0 Å². The summed E-state index contributed by atoms with van der Waals surface area (Å²) in [5, 5.41) is 1.24. The topological polar surface area (TPSA) is 30.0 Å². The number of aldehydes is 1. The number of fused-ring (bicyclic) bond motifs is 1. The summed E-state index contributed by atoms with van der Waals surface area (Å²) in [5.74, 6) is -0.368. The van der Waals surface area contributed by atoms with Gasteiger partial charge in [0.1, 0.15) is 5.82 Å². The van der Waals surface area contributed by atoms with Crippen LogP contribution < -0.4 is 0 Å². The Morgan fingerprint density at radius 2 is 1.90 bits per heavy atom. The number of carbonyl (C=O) groups excluding carboxylic acids is 1. The van der Waals surface area contributed by atoms with Gasteiger partial charge in [-0.2, -0.15) is 0 Å². The molecule has 0 bridgehead atoms. The fraction of sp³-hybridized carbons (Fsp3) is 0. The van der Waals surface area contributed by atoms with Crippen molar-refractivity contribution in [1.82, 2.24) is 4.98 Å². The van der Waals surface area contributed by atoms with E-state index in [9.17, 15) is 9.18 Å². The lowest BCUT2D eigenvalue weighted by atomic mass is 10.0. The van der Waals surface area contributed by atoms with Gasteiger partial charge in [-0.1, -0.05) is 29.8 Å². The average Bonchev–Trinajstić information content (AvgIpc) is 2.46. The molecule has 0 amide bonds. The molecule has 1 aromatic heterocycles. The molecule has 20 heavy (non-hydrogen) atoms. The highest BCUT2D eigenvalue weighted by molar-refractivity contribution is 6.35. The van der Waals surface area contributed by atoms with E-state index in [-0.39, 0.29) is 5.82 Å². The molecule has 4 heteroatoms. The molecule has 2 nitrogen and oxygen atoms in total. The van der Waals surface area contributed by atoms with Crippen LogP contribution in [0.1, 0.15) is 10.4 Å². The zero-order valence-electron chi connectivity index (χ0n) is 10.3.